The second-order valence-electron chi connectivity index (χ2n) is 3.61. The van der Waals surface area contributed by atoms with E-state index in [1.54, 1.807) is 13.2 Å². The molecule has 0 spiro atoms. The van der Waals surface area contributed by atoms with Crippen LogP contribution in [0, 0.1) is 11.3 Å². The zero-order chi connectivity index (χ0) is 12.7. The molecule has 0 aliphatic carbocycles. The minimum atomic E-state index is -0.114. The van der Waals surface area contributed by atoms with Gasteiger partial charge in [-0.05, 0) is 24.6 Å². The number of benzene rings is 1. The van der Waals surface area contributed by atoms with Crippen LogP contribution in [-0.4, -0.2) is 31.5 Å². The summed E-state index contributed by atoms with van der Waals surface area (Å²) in [6, 6.07) is 7.37. The molecule has 0 saturated heterocycles. The first-order valence-electron chi connectivity index (χ1n) is 5.27. The predicted molar refractivity (Wildman–Crippen MR) is 69.8 cm³/mol. The Morgan fingerprint density at radius 3 is 2.94 bits per heavy atom. The number of ether oxygens (including phenoxy) is 1. The monoisotopic (exact) mass is 298 g/mol. The summed E-state index contributed by atoms with van der Waals surface area (Å²) in [7, 11) is 1.62. The highest BCUT2D eigenvalue weighted by molar-refractivity contribution is 9.10. The predicted octanol–water partition coefficient (Wildman–Crippen LogP) is 2.13. The minimum Gasteiger partial charge on any atom is -0.394 e. The average Bonchev–Trinajstić information content (AvgIpc) is 2.34. The van der Waals surface area contributed by atoms with E-state index >= 15 is 0 Å². The highest BCUT2D eigenvalue weighted by Gasteiger charge is 2.10. The number of halogens is 1. The molecule has 0 amide bonds. The Bertz CT molecular complexity index is 404. The number of hydrogen-bond donors (Lipinski definition) is 2. The molecule has 0 bridgehead atoms. The van der Waals surface area contributed by atoms with Gasteiger partial charge in [0.1, 0.15) is 6.07 Å². The Morgan fingerprint density at radius 2 is 2.35 bits per heavy atom. The normalized spacial score (nSPS) is 11.9. The zero-order valence-electron chi connectivity index (χ0n) is 9.61. The van der Waals surface area contributed by atoms with Crippen molar-refractivity contribution in [1.82, 2.24) is 0 Å². The quantitative estimate of drug-likeness (QED) is 0.844. The smallest absolute Gasteiger partial charge is 0.101 e. The Labute approximate surface area is 109 Å². The third-order valence-electron chi connectivity index (χ3n) is 2.35. The lowest BCUT2D eigenvalue weighted by Crippen LogP contribution is -2.25. The van der Waals surface area contributed by atoms with Crippen molar-refractivity contribution < 1.29 is 9.84 Å². The van der Waals surface area contributed by atoms with Gasteiger partial charge < -0.3 is 15.2 Å². The molecular formula is C12H15BrN2O2. The molecule has 5 heteroatoms. The fourth-order valence-corrected chi connectivity index (χ4v) is 1.78. The topological polar surface area (TPSA) is 65.3 Å². The van der Waals surface area contributed by atoms with Gasteiger partial charge in [-0.25, -0.2) is 0 Å². The largest absolute Gasteiger partial charge is 0.394 e. The van der Waals surface area contributed by atoms with E-state index in [0.717, 1.165) is 10.2 Å². The SMILES string of the molecule is COCCC(CO)Nc1cc(Br)ccc1C#N. The number of methoxy groups -OCH3 is 1. The summed E-state index contributed by atoms with van der Waals surface area (Å²) >= 11 is 3.35. The first-order valence-corrected chi connectivity index (χ1v) is 6.06. The number of nitrogens with one attached hydrogen (secondary N) is 1. The van der Waals surface area contributed by atoms with E-state index in [0.29, 0.717) is 18.6 Å². The number of nitrogens with zero attached hydrogens (tertiary/aromatic N) is 1. The summed E-state index contributed by atoms with van der Waals surface area (Å²) in [4.78, 5) is 0. The highest BCUT2D eigenvalue weighted by atomic mass is 79.9. The van der Waals surface area contributed by atoms with Crippen LogP contribution < -0.4 is 5.32 Å². The van der Waals surface area contributed by atoms with Gasteiger partial charge in [0, 0.05) is 18.2 Å². The Balaban J connectivity index is 2.78. The van der Waals surface area contributed by atoms with Crippen LogP contribution in [0.2, 0.25) is 0 Å². The van der Waals surface area contributed by atoms with Crippen molar-refractivity contribution in [3.63, 3.8) is 0 Å². The molecule has 1 rings (SSSR count). The fraction of sp³-hybridized carbons (Fsp3) is 0.417. The zero-order valence-corrected chi connectivity index (χ0v) is 11.2. The van der Waals surface area contributed by atoms with Crippen molar-refractivity contribution in [2.45, 2.75) is 12.5 Å². The first-order chi connectivity index (χ1) is 8.21. The lowest BCUT2D eigenvalue weighted by Gasteiger charge is -2.18. The van der Waals surface area contributed by atoms with Crippen molar-refractivity contribution in [3.8, 4) is 6.07 Å². The van der Waals surface area contributed by atoms with Gasteiger partial charge in [0.15, 0.2) is 0 Å². The molecule has 1 aromatic carbocycles. The first kappa shape index (κ1) is 14.0. The average molecular weight is 299 g/mol. The van der Waals surface area contributed by atoms with Crippen LogP contribution in [0.5, 0.6) is 0 Å². The third-order valence-corrected chi connectivity index (χ3v) is 2.85. The number of nitriles is 1. The number of anilines is 1. The standard InChI is InChI=1S/C12H15BrN2O2/c1-17-5-4-11(8-16)15-12-6-10(13)3-2-9(12)7-14/h2-3,6,11,15-16H,4-5,8H2,1H3. The van der Waals surface area contributed by atoms with Gasteiger partial charge in [-0.2, -0.15) is 5.26 Å². The van der Waals surface area contributed by atoms with Crippen LogP contribution in [-0.2, 0) is 4.74 Å². The molecule has 4 nitrogen and oxygen atoms in total. The number of aliphatic hydroxyl groups excluding tert-OH is 1. The van der Waals surface area contributed by atoms with Crippen molar-refractivity contribution >= 4 is 21.6 Å². The summed E-state index contributed by atoms with van der Waals surface area (Å²) in [5, 5.41) is 21.4. The third kappa shape index (κ3) is 4.35. The Hall–Kier alpha value is -1.09. The Kier molecular flexibility index (Phi) is 5.98. The molecule has 0 fully saturated rings. The van der Waals surface area contributed by atoms with Crippen molar-refractivity contribution in [2.24, 2.45) is 0 Å². The molecule has 17 heavy (non-hydrogen) atoms. The van der Waals surface area contributed by atoms with E-state index in [1.165, 1.54) is 0 Å². The van der Waals surface area contributed by atoms with Crippen LogP contribution in [0.3, 0.4) is 0 Å². The number of rotatable bonds is 6. The molecule has 1 atom stereocenters. The molecule has 1 unspecified atom stereocenters. The molecular weight excluding hydrogens is 284 g/mol. The molecule has 0 aliphatic heterocycles. The van der Waals surface area contributed by atoms with E-state index in [9.17, 15) is 5.11 Å². The van der Waals surface area contributed by atoms with E-state index in [1.807, 2.05) is 12.1 Å². The van der Waals surface area contributed by atoms with Crippen LogP contribution in [0.15, 0.2) is 22.7 Å². The van der Waals surface area contributed by atoms with Gasteiger partial charge in [0.05, 0.1) is 23.9 Å². The molecule has 0 aromatic heterocycles. The number of hydrogen-bond acceptors (Lipinski definition) is 4. The van der Waals surface area contributed by atoms with Crippen molar-refractivity contribution in [1.29, 1.82) is 5.26 Å². The summed E-state index contributed by atoms with van der Waals surface area (Å²) in [5.74, 6) is 0. The minimum absolute atomic E-state index is 0.000736. The molecule has 2 N–H and O–H groups in total. The maximum atomic E-state index is 9.23. The molecule has 0 heterocycles. The molecule has 0 aliphatic rings. The fourth-order valence-electron chi connectivity index (χ4n) is 1.42. The molecule has 0 radical (unpaired) electrons. The second kappa shape index (κ2) is 7.28. The van der Waals surface area contributed by atoms with Crippen LogP contribution in [0.25, 0.3) is 0 Å². The second-order valence-corrected chi connectivity index (χ2v) is 4.52. The van der Waals surface area contributed by atoms with Crippen LogP contribution >= 0.6 is 15.9 Å². The summed E-state index contributed by atoms with van der Waals surface area (Å²) < 4.78 is 5.86. The molecule has 0 saturated carbocycles. The summed E-state index contributed by atoms with van der Waals surface area (Å²) in [6.07, 6.45) is 0.685. The van der Waals surface area contributed by atoms with Gasteiger partial charge in [-0.3, -0.25) is 0 Å². The highest BCUT2D eigenvalue weighted by Crippen LogP contribution is 2.21. The van der Waals surface area contributed by atoms with E-state index in [-0.39, 0.29) is 12.6 Å². The van der Waals surface area contributed by atoms with E-state index in [4.69, 9.17) is 10.00 Å². The van der Waals surface area contributed by atoms with Gasteiger partial charge in [-0.15, -0.1) is 0 Å². The molecule has 92 valence electrons. The van der Waals surface area contributed by atoms with Crippen LogP contribution in [0.1, 0.15) is 12.0 Å². The lowest BCUT2D eigenvalue weighted by molar-refractivity contribution is 0.174. The van der Waals surface area contributed by atoms with Crippen LogP contribution in [0.4, 0.5) is 5.69 Å². The summed E-state index contributed by atoms with van der Waals surface area (Å²) in [5.41, 5.74) is 1.28. The van der Waals surface area contributed by atoms with E-state index in [2.05, 4.69) is 27.3 Å². The summed E-state index contributed by atoms with van der Waals surface area (Å²) in [6.45, 7) is 0.564. The van der Waals surface area contributed by atoms with Gasteiger partial charge in [0.2, 0.25) is 0 Å². The van der Waals surface area contributed by atoms with Gasteiger partial charge in [0.25, 0.3) is 0 Å². The van der Waals surface area contributed by atoms with Gasteiger partial charge >= 0.3 is 0 Å². The maximum Gasteiger partial charge on any atom is 0.101 e. The van der Waals surface area contributed by atoms with Crippen molar-refractivity contribution in [2.75, 3.05) is 25.6 Å². The van der Waals surface area contributed by atoms with E-state index < -0.39 is 0 Å². The molecule has 1 aromatic rings. The Morgan fingerprint density at radius 1 is 1.59 bits per heavy atom. The van der Waals surface area contributed by atoms with Gasteiger partial charge in [-0.1, -0.05) is 15.9 Å². The number of aliphatic hydroxyl groups is 1. The van der Waals surface area contributed by atoms with Crippen molar-refractivity contribution in [3.05, 3.63) is 28.2 Å². The maximum absolute atomic E-state index is 9.23. The lowest BCUT2D eigenvalue weighted by atomic mass is 10.1.